The summed E-state index contributed by atoms with van der Waals surface area (Å²) in [5.74, 6) is -0.244. The van der Waals surface area contributed by atoms with E-state index in [9.17, 15) is 18.9 Å². The van der Waals surface area contributed by atoms with E-state index in [1.807, 2.05) is 0 Å². The van der Waals surface area contributed by atoms with Crippen molar-refractivity contribution >= 4 is 42.8 Å². The third kappa shape index (κ3) is 7.39. The van der Waals surface area contributed by atoms with Gasteiger partial charge >= 0.3 is 20.1 Å². The van der Waals surface area contributed by atoms with Gasteiger partial charge in [-0.15, -0.1) is 0 Å². The highest BCUT2D eigenvalue weighted by molar-refractivity contribution is 7.48. The topological polar surface area (TPSA) is 154 Å². The van der Waals surface area contributed by atoms with Crippen LogP contribution in [0.1, 0.15) is 36.7 Å². The van der Waals surface area contributed by atoms with Gasteiger partial charge in [0, 0.05) is 18.2 Å². The van der Waals surface area contributed by atoms with Crippen LogP contribution in [0.5, 0.6) is 0 Å². The molecular weight excluding hydrogens is 521 g/mol. The molecule has 2 aromatic carbocycles. The first-order chi connectivity index (χ1) is 18.0. The predicted octanol–water partition coefficient (Wildman–Crippen LogP) is 5.10. The Morgan fingerprint density at radius 2 is 1.71 bits per heavy atom. The third-order valence-corrected chi connectivity index (χ3v) is 6.32. The maximum atomic E-state index is 13.0. The van der Waals surface area contributed by atoms with Gasteiger partial charge in [-0.05, 0) is 39.0 Å². The standard InChI is InChI=1S/C24H28N3O10P/c1-15(2)35-24(30)36-16(3)37-38(31,33-5)34-14-27-20-12-11-18(21(28)17-9-7-6-8-10-17)13-19(20)25-22(27)26-23(29)32-4/h6-13,15-16H,14H2,1-5H3,(H,25,26,29). The van der Waals surface area contributed by atoms with Gasteiger partial charge in [0.05, 0.1) is 24.2 Å². The van der Waals surface area contributed by atoms with Crippen LogP contribution in [0.3, 0.4) is 0 Å². The Labute approximate surface area is 218 Å². The minimum atomic E-state index is -4.27. The fourth-order valence-electron chi connectivity index (χ4n) is 3.21. The highest BCUT2D eigenvalue weighted by Gasteiger charge is 2.31. The second-order valence-electron chi connectivity index (χ2n) is 7.97. The van der Waals surface area contributed by atoms with E-state index in [1.165, 1.54) is 18.6 Å². The molecule has 0 aliphatic carbocycles. The Kier molecular flexibility index (Phi) is 9.59. The number of benzene rings is 2. The van der Waals surface area contributed by atoms with Crippen LogP contribution in [0.25, 0.3) is 11.0 Å². The monoisotopic (exact) mass is 549 g/mol. The number of anilines is 1. The summed E-state index contributed by atoms with van der Waals surface area (Å²) in [4.78, 5) is 40.8. The number of aromatic nitrogens is 2. The van der Waals surface area contributed by atoms with E-state index in [4.69, 9.17) is 23.0 Å². The number of imidazole rings is 1. The quantitative estimate of drug-likeness (QED) is 0.147. The first-order valence-corrected chi connectivity index (χ1v) is 12.8. The molecule has 3 aromatic rings. The minimum absolute atomic E-state index is 0.0244. The molecule has 0 aliphatic heterocycles. The van der Waals surface area contributed by atoms with E-state index < -0.39 is 39.2 Å². The van der Waals surface area contributed by atoms with Gasteiger partial charge in [0.15, 0.2) is 5.78 Å². The van der Waals surface area contributed by atoms with Gasteiger partial charge in [-0.2, -0.15) is 0 Å². The van der Waals surface area contributed by atoms with E-state index in [2.05, 4.69) is 15.0 Å². The molecule has 1 N–H and O–H groups in total. The van der Waals surface area contributed by atoms with E-state index in [-0.39, 0.29) is 11.7 Å². The van der Waals surface area contributed by atoms with E-state index in [1.54, 1.807) is 62.4 Å². The van der Waals surface area contributed by atoms with Crippen LogP contribution in [0, 0.1) is 0 Å². The fraction of sp³-hybridized carbons (Fsp3) is 0.333. The molecule has 1 amide bonds. The number of carbonyl (C=O) groups excluding carboxylic acids is 3. The Morgan fingerprint density at radius 3 is 2.34 bits per heavy atom. The van der Waals surface area contributed by atoms with Crippen molar-refractivity contribution in [3.63, 3.8) is 0 Å². The molecule has 0 spiro atoms. The summed E-state index contributed by atoms with van der Waals surface area (Å²) in [5.41, 5.74) is 1.62. The molecule has 0 saturated heterocycles. The summed E-state index contributed by atoms with van der Waals surface area (Å²) >= 11 is 0. The zero-order valence-corrected chi connectivity index (χ0v) is 22.3. The van der Waals surface area contributed by atoms with Crippen molar-refractivity contribution < 1.29 is 46.7 Å². The van der Waals surface area contributed by atoms with Crippen LogP contribution in [0.4, 0.5) is 15.5 Å². The second-order valence-corrected chi connectivity index (χ2v) is 9.70. The van der Waals surface area contributed by atoms with Crippen LogP contribution in [-0.2, 0) is 39.1 Å². The van der Waals surface area contributed by atoms with Gasteiger partial charge < -0.3 is 14.2 Å². The Bertz CT molecular complexity index is 1340. The van der Waals surface area contributed by atoms with Crippen molar-refractivity contribution in [1.82, 2.24) is 9.55 Å². The number of rotatable bonds is 11. The van der Waals surface area contributed by atoms with E-state index >= 15 is 0 Å². The number of ketones is 1. The van der Waals surface area contributed by atoms with Gasteiger partial charge in [0.1, 0.15) is 6.73 Å². The number of hydrogen-bond donors (Lipinski definition) is 1. The highest BCUT2D eigenvalue weighted by Crippen LogP contribution is 2.50. The van der Waals surface area contributed by atoms with Gasteiger partial charge in [0.2, 0.25) is 12.2 Å². The molecule has 1 aromatic heterocycles. The molecule has 1 heterocycles. The Morgan fingerprint density at radius 1 is 1.00 bits per heavy atom. The van der Waals surface area contributed by atoms with Gasteiger partial charge in [0.25, 0.3) is 0 Å². The summed E-state index contributed by atoms with van der Waals surface area (Å²) in [7, 11) is -2.01. The number of phosphoric acid groups is 1. The average Bonchev–Trinajstić information content (AvgIpc) is 3.22. The number of phosphoric ester groups is 1. The third-order valence-electron chi connectivity index (χ3n) is 4.89. The smallest absolute Gasteiger partial charge is 0.453 e. The summed E-state index contributed by atoms with van der Waals surface area (Å²) in [6.07, 6.45) is -3.62. The summed E-state index contributed by atoms with van der Waals surface area (Å²) in [6, 6.07) is 13.4. The Balaban J connectivity index is 1.85. The zero-order chi connectivity index (χ0) is 27.9. The lowest BCUT2D eigenvalue weighted by atomic mass is 10.0. The lowest BCUT2D eigenvalue weighted by Crippen LogP contribution is -2.21. The molecular formula is C24H28N3O10P. The van der Waals surface area contributed by atoms with Crippen LogP contribution >= 0.6 is 7.82 Å². The van der Waals surface area contributed by atoms with Crippen molar-refractivity contribution in [1.29, 1.82) is 0 Å². The van der Waals surface area contributed by atoms with Crippen molar-refractivity contribution in [2.45, 2.75) is 39.9 Å². The van der Waals surface area contributed by atoms with Crippen molar-refractivity contribution in [2.75, 3.05) is 19.5 Å². The number of methoxy groups -OCH3 is 1. The van der Waals surface area contributed by atoms with Crippen molar-refractivity contribution in [3.8, 4) is 0 Å². The van der Waals surface area contributed by atoms with E-state index in [0.29, 0.717) is 22.2 Å². The first kappa shape index (κ1) is 28.8. The number of fused-ring (bicyclic) bond motifs is 1. The van der Waals surface area contributed by atoms with Crippen LogP contribution in [0.15, 0.2) is 48.5 Å². The molecule has 2 unspecified atom stereocenters. The maximum Gasteiger partial charge on any atom is 0.510 e. The highest BCUT2D eigenvalue weighted by atomic mass is 31.2. The molecule has 0 aliphatic rings. The molecule has 204 valence electrons. The molecule has 0 saturated carbocycles. The SMILES string of the molecule is COC(=O)Nc1nc2cc(C(=O)c3ccccc3)ccc2n1COP(=O)(OC)OC(C)OC(=O)OC(C)C. The molecule has 14 heteroatoms. The number of amides is 1. The largest absolute Gasteiger partial charge is 0.510 e. The lowest BCUT2D eigenvalue weighted by Gasteiger charge is -2.21. The second kappa shape index (κ2) is 12.7. The molecule has 2 atom stereocenters. The normalized spacial score (nSPS) is 13.5. The number of nitrogens with zero attached hydrogens (tertiary/aromatic N) is 2. The van der Waals surface area contributed by atoms with E-state index in [0.717, 1.165) is 7.11 Å². The lowest BCUT2D eigenvalue weighted by molar-refractivity contribution is -0.0770. The zero-order valence-electron chi connectivity index (χ0n) is 21.4. The number of hydrogen-bond acceptors (Lipinski definition) is 11. The summed E-state index contributed by atoms with van der Waals surface area (Å²) in [6.45, 7) is 4.09. The average molecular weight is 549 g/mol. The summed E-state index contributed by atoms with van der Waals surface area (Å²) < 4.78 is 44.3. The van der Waals surface area contributed by atoms with Gasteiger partial charge in [-0.3, -0.25) is 23.7 Å². The number of carbonyl (C=O) groups is 3. The molecule has 0 bridgehead atoms. The van der Waals surface area contributed by atoms with Crippen LogP contribution in [0.2, 0.25) is 0 Å². The van der Waals surface area contributed by atoms with Crippen LogP contribution < -0.4 is 5.32 Å². The van der Waals surface area contributed by atoms with Crippen molar-refractivity contribution in [3.05, 3.63) is 59.7 Å². The van der Waals surface area contributed by atoms with Crippen molar-refractivity contribution in [2.24, 2.45) is 0 Å². The van der Waals surface area contributed by atoms with Gasteiger partial charge in [-0.1, -0.05) is 30.3 Å². The minimum Gasteiger partial charge on any atom is -0.453 e. The molecule has 3 rings (SSSR count). The molecule has 0 radical (unpaired) electrons. The van der Waals surface area contributed by atoms with Crippen LogP contribution in [-0.4, -0.2) is 54.2 Å². The number of ether oxygens (including phenoxy) is 3. The maximum absolute atomic E-state index is 13.0. The fourth-order valence-corrected chi connectivity index (χ4v) is 4.13. The molecule has 0 fully saturated rings. The molecule has 13 nitrogen and oxygen atoms in total. The predicted molar refractivity (Wildman–Crippen MR) is 135 cm³/mol. The number of nitrogens with one attached hydrogen (secondary N) is 1. The first-order valence-electron chi connectivity index (χ1n) is 11.4. The Hall–Kier alpha value is -3.77. The summed E-state index contributed by atoms with van der Waals surface area (Å²) in [5, 5.41) is 2.44. The molecule has 38 heavy (non-hydrogen) atoms. The van der Waals surface area contributed by atoms with Gasteiger partial charge in [-0.25, -0.2) is 23.7 Å².